The molecule has 0 saturated carbocycles. The topological polar surface area (TPSA) is 80.5 Å². The molecule has 5 nitrogen and oxygen atoms in total. The van der Waals surface area contributed by atoms with Gasteiger partial charge in [-0.15, -0.1) is 0 Å². The summed E-state index contributed by atoms with van der Waals surface area (Å²) in [6, 6.07) is 0. The highest BCUT2D eigenvalue weighted by Gasteiger charge is 2.02. The molecule has 0 radical (unpaired) electrons. The van der Waals surface area contributed by atoms with Crippen LogP contribution >= 0.6 is 0 Å². The fourth-order valence-electron chi connectivity index (χ4n) is 1.09. The van der Waals surface area contributed by atoms with Gasteiger partial charge in [0.2, 0.25) is 5.95 Å². The van der Waals surface area contributed by atoms with Crippen LogP contribution in [0.25, 0.3) is 11.2 Å². The molecule has 0 atom stereocenters. The van der Waals surface area contributed by atoms with Gasteiger partial charge >= 0.3 is 0 Å². The summed E-state index contributed by atoms with van der Waals surface area (Å²) >= 11 is 0. The summed E-state index contributed by atoms with van der Waals surface area (Å²) in [5, 5.41) is 0. The third kappa shape index (κ3) is 2.05. The Balaban J connectivity index is 2.44. The van der Waals surface area contributed by atoms with Gasteiger partial charge in [-0.2, -0.15) is 4.98 Å². The lowest BCUT2D eigenvalue weighted by atomic mass is 10.2. The lowest BCUT2D eigenvalue weighted by Gasteiger charge is -1.87. The second kappa shape index (κ2) is 3.58. The zero-order valence-electron chi connectivity index (χ0n) is 8.57. The van der Waals surface area contributed by atoms with Gasteiger partial charge in [0.1, 0.15) is 5.52 Å². The zero-order valence-corrected chi connectivity index (χ0v) is 8.57. The normalized spacial score (nSPS) is 10.3. The number of nitrogens with two attached hydrogens (primary N) is 1. The second-order valence-corrected chi connectivity index (χ2v) is 3.47. The molecule has 76 valence electrons. The number of aromatic nitrogens is 4. The molecule has 2 aromatic rings. The summed E-state index contributed by atoms with van der Waals surface area (Å²) in [5.74, 6) is 7.07. The van der Waals surface area contributed by atoms with E-state index in [1.54, 1.807) is 6.20 Å². The Labute approximate surface area is 87.1 Å². The summed E-state index contributed by atoms with van der Waals surface area (Å²) in [6.45, 7) is 4.04. The summed E-state index contributed by atoms with van der Waals surface area (Å²) in [5.41, 5.74) is 6.74. The van der Waals surface area contributed by atoms with Crippen LogP contribution in [0.1, 0.15) is 19.7 Å². The molecule has 0 spiro atoms. The molecule has 0 aromatic carbocycles. The average molecular weight is 201 g/mol. The number of hydrogen-bond acceptors (Lipinski definition) is 4. The SMILES string of the molecule is CC(C)C#Cc1nc2nc(N)ncc2[nH]1. The number of nitrogens with one attached hydrogen (secondary N) is 1. The van der Waals surface area contributed by atoms with E-state index < -0.39 is 0 Å². The predicted octanol–water partition coefficient (Wildman–Crippen LogP) is 0.943. The molecular weight excluding hydrogens is 190 g/mol. The highest BCUT2D eigenvalue weighted by Crippen LogP contribution is 2.07. The van der Waals surface area contributed by atoms with Gasteiger partial charge in [-0.3, -0.25) is 0 Å². The number of nitrogen functional groups attached to an aromatic ring is 1. The van der Waals surface area contributed by atoms with Crippen LogP contribution in [-0.2, 0) is 0 Å². The lowest BCUT2D eigenvalue weighted by Crippen LogP contribution is -1.93. The third-order valence-corrected chi connectivity index (χ3v) is 1.74. The van der Waals surface area contributed by atoms with Gasteiger partial charge in [-0.05, 0) is 5.92 Å². The van der Waals surface area contributed by atoms with Crippen molar-refractivity contribution in [3.05, 3.63) is 12.0 Å². The molecule has 2 heterocycles. The fraction of sp³-hybridized carbons (Fsp3) is 0.300. The molecule has 5 heteroatoms. The molecule has 0 bridgehead atoms. The van der Waals surface area contributed by atoms with E-state index in [2.05, 4.69) is 31.8 Å². The number of aromatic amines is 1. The van der Waals surface area contributed by atoms with E-state index in [1.165, 1.54) is 0 Å². The quantitative estimate of drug-likeness (QED) is 0.622. The number of H-pyrrole nitrogens is 1. The van der Waals surface area contributed by atoms with E-state index in [4.69, 9.17) is 5.73 Å². The van der Waals surface area contributed by atoms with Crippen LogP contribution in [0, 0.1) is 17.8 Å². The van der Waals surface area contributed by atoms with Crippen LogP contribution in [0.4, 0.5) is 5.95 Å². The van der Waals surface area contributed by atoms with Gasteiger partial charge in [0.05, 0.1) is 6.20 Å². The summed E-state index contributed by atoms with van der Waals surface area (Å²) in [6.07, 6.45) is 1.60. The van der Waals surface area contributed by atoms with Crippen LogP contribution in [0.5, 0.6) is 0 Å². The standard InChI is InChI=1S/C10H11N5/c1-6(2)3-4-8-13-7-5-12-10(11)15-9(7)14-8/h5-6H,1-2H3,(H3,11,12,13,14,15). The third-order valence-electron chi connectivity index (χ3n) is 1.74. The lowest BCUT2D eigenvalue weighted by molar-refractivity contribution is 0.866. The molecule has 2 rings (SSSR count). The number of fused-ring (bicyclic) bond motifs is 1. The Kier molecular flexibility index (Phi) is 2.26. The molecule has 0 unspecified atom stereocenters. The number of nitrogens with zero attached hydrogens (tertiary/aromatic N) is 3. The molecule has 15 heavy (non-hydrogen) atoms. The average Bonchev–Trinajstić information content (AvgIpc) is 2.56. The van der Waals surface area contributed by atoms with E-state index >= 15 is 0 Å². The number of hydrogen-bond donors (Lipinski definition) is 2. The zero-order chi connectivity index (χ0) is 10.8. The molecular formula is C10H11N5. The minimum absolute atomic E-state index is 0.220. The van der Waals surface area contributed by atoms with E-state index in [-0.39, 0.29) is 5.95 Å². The van der Waals surface area contributed by atoms with Crippen LogP contribution in [0.15, 0.2) is 6.20 Å². The molecule has 2 aromatic heterocycles. The highest BCUT2D eigenvalue weighted by molar-refractivity contribution is 5.71. The van der Waals surface area contributed by atoms with Gasteiger partial charge in [0.25, 0.3) is 0 Å². The Bertz CT molecular complexity index is 544. The van der Waals surface area contributed by atoms with Crippen LogP contribution in [-0.4, -0.2) is 19.9 Å². The molecule has 0 saturated heterocycles. The minimum Gasteiger partial charge on any atom is -0.368 e. The molecule has 0 aliphatic heterocycles. The van der Waals surface area contributed by atoms with Crippen molar-refractivity contribution in [3.63, 3.8) is 0 Å². The van der Waals surface area contributed by atoms with Crippen molar-refractivity contribution >= 4 is 17.1 Å². The predicted molar refractivity (Wildman–Crippen MR) is 57.8 cm³/mol. The van der Waals surface area contributed by atoms with Crippen molar-refractivity contribution in [2.75, 3.05) is 5.73 Å². The van der Waals surface area contributed by atoms with E-state index in [0.29, 0.717) is 17.4 Å². The van der Waals surface area contributed by atoms with Gasteiger partial charge in [-0.25, -0.2) is 9.97 Å². The number of rotatable bonds is 0. The van der Waals surface area contributed by atoms with Crippen LogP contribution < -0.4 is 5.73 Å². The monoisotopic (exact) mass is 201 g/mol. The fourth-order valence-corrected chi connectivity index (χ4v) is 1.09. The van der Waals surface area contributed by atoms with Gasteiger partial charge in [0.15, 0.2) is 11.5 Å². The van der Waals surface area contributed by atoms with Crippen molar-refractivity contribution < 1.29 is 0 Å². The first kappa shape index (κ1) is 9.46. The van der Waals surface area contributed by atoms with Gasteiger partial charge in [0, 0.05) is 5.92 Å². The maximum atomic E-state index is 5.44. The summed E-state index contributed by atoms with van der Waals surface area (Å²) < 4.78 is 0. The van der Waals surface area contributed by atoms with E-state index in [9.17, 15) is 0 Å². The first-order chi connectivity index (χ1) is 7.15. The minimum atomic E-state index is 0.220. The molecule has 0 aliphatic carbocycles. The first-order valence-corrected chi connectivity index (χ1v) is 4.65. The van der Waals surface area contributed by atoms with E-state index in [0.717, 1.165) is 5.52 Å². The summed E-state index contributed by atoms with van der Waals surface area (Å²) in [7, 11) is 0. The maximum Gasteiger partial charge on any atom is 0.222 e. The maximum absolute atomic E-state index is 5.44. The van der Waals surface area contributed by atoms with Crippen LogP contribution in [0.3, 0.4) is 0 Å². The molecule has 0 aliphatic rings. The highest BCUT2D eigenvalue weighted by atomic mass is 15.1. The van der Waals surface area contributed by atoms with Crippen molar-refractivity contribution in [1.82, 2.24) is 19.9 Å². The van der Waals surface area contributed by atoms with E-state index in [1.807, 2.05) is 13.8 Å². The van der Waals surface area contributed by atoms with Crippen molar-refractivity contribution in [3.8, 4) is 11.8 Å². The first-order valence-electron chi connectivity index (χ1n) is 4.65. The summed E-state index contributed by atoms with van der Waals surface area (Å²) in [4.78, 5) is 15.0. The number of imidazole rings is 1. The van der Waals surface area contributed by atoms with Crippen LogP contribution in [0.2, 0.25) is 0 Å². The molecule has 0 fully saturated rings. The smallest absolute Gasteiger partial charge is 0.222 e. The van der Waals surface area contributed by atoms with Gasteiger partial charge in [-0.1, -0.05) is 19.8 Å². The Hall–Kier alpha value is -2.09. The number of anilines is 1. The molecule has 0 amide bonds. The largest absolute Gasteiger partial charge is 0.368 e. The van der Waals surface area contributed by atoms with Crippen molar-refractivity contribution in [1.29, 1.82) is 0 Å². The van der Waals surface area contributed by atoms with Gasteiger partial charge < -0.3 is 10.7 Å². The van der Waals surface area contributed by atoms with Crippen molar-refractivity contribution in [2.45, 2.75) is 13.8 Å². The van der Waals surface area contributed by atoms with Crippen molar-refractivity contribution in [2.24, 2.45) is 5.92 Å². The molecule has 3 N–H and O–H groups in total. The Morgan fingerprint density at radius 2 is 2.20 bits per heavy atom. The Morgan fingerprint density at radius 3 is 2.93 bits per heavy atom. The second-order valence-electron chi connectivity index (χ2n) is 3.47. The Morgan fingerprint density at radius 1 is 1.40 bits per heavy atom.